The predicted molar refractivity (Wildman–Crippen MR) is 62.0 cm³/mol. The van der Waals surface area contributed by atoms with Crippen LogP contribution in [0, 0.1) is 17.0 Å². The van der Waals surface area contributed by atoms with E-state index in [1.807, 2.05) is 6.92 Å². The molecule has 98 valence electrons. The first-order valence-corrected chi connectivity index (χ1v) is 5.77. The molecule has 1 N–H and O–H groups in total. The summed E-state index contributed by atoms with van der Waals surface area (Å²) in [6.45, 7) is 3.64. The Balaban J connectivity index is 1.91. The number of hydrogen-bond acceptors (Lipinski definition) is 2. The van der Waals surface area contributed by atoms with Crippen LogP contribution in [0.5, 0.6) is 0 Å². The number of benzene rings is 1. The van der Waals surface area contributed by atoms with E-state index in [-0.39, 0.29) is 23.3 Å². The van der Waals surface area contributed by atoms with Crippen molar-refractivity contribution in [3.05, 3.63) is 35.4 Å². The Bertz CT molecular complexity index is 438. The van der Waals surface area contributed by atoms with Gasteiger partial charge in [0.05, 0.1) is 19.6 Å². The molecule has 0 aliphatic carbocycles. The Kier molecular flexibility index (Phi) is 3.61. The fourth-order valence-corrected chi connectivity index (χ4v) is 1.79. The van der Waals surface area contributed by atoms with Gasteiger partial charge in [-0.2, -0.15) is 0 Å². The molecule has 3 nitrogen and oxygen atoms in total. The zero-order valence-corrected chi connectivity index (χ0v) is 10.1. The van der Waals surface area contributed by atoms with Crippen LogP contribution in [0.4, 0.5) is 8.78 Å². The van der Waals surface area contributed by atoms with Crippen LogP contribution < -0.4 is 5.32 Å². The fraction of sp³-hybridized carbons (Fsp3) is 0.462. The highest BCUT2D eigenvalue weighted by Crippen LogP contribution is 2.25. The van der Waals surface area contributed by atoms with Crippen molar-refractivity contribution in [3.8, 4) is 0 Å². The van der Waals surface area contributed by atoms with Crippen LogP contribution in [0.2, 0.25) is 0 Å². The topological polar surface area (TPSA) is 38.3 Å². The summed E-state index contributed by atoms with van der Waals surface area (Å²) in [5.41, 5.74) is -0.242. The molecule has 0 bridgehead atoms. The van der Waals surface area contributed by atoms with E-state index in [9.17, 15) is 13.6 Å². The summed E-state index contributed by atoms with van der Waals surface area (Å²) >= 11 is 0. The lowest BCUT2D eigenvalue weighted by molar-refractivity contribution is -0.126. The molecule has 1 heterocycles. The Labute approximate surface area is 104 Å². The maximum atomic E-state index is 13.3. The van der Waals surface area contributed by atoms with Crippen LogP contribution in [-0.4, -0.2) is 25.7 Å². The quantitative estimate of drug-likeness (QED) is 0.888. The van der Waals surface area contributed by atoms with E-state index in [0.717, 1.165) is 12.1 Å². The molecule has 2 rings (SSSR count). The second-order valence-corrected chi connectivity index (χ2v) is 4.96. The minimum absolute atomic E-state index is 0.0521. The third-order valence-electron chi connectivity index (χ3n) is 3.01. The van der Waals surface area contributed by atoms with Crippen LogP contribution in [0.25, 0.3) is 0 Å². The predicted octanol–water partition coefficient (Wildman–Crippen LogP) is 1.66. The van der Waals surface area contributed by atoms with Gasteiger partial charge >= 0.3 is 0 Å². The maximum absolute atomic E-state index is 13.3. The minimum Gasteiger partial charge on any atom is -0.380 e. The smallest absolute Gasteiger partial charge is 0.224 e. The number of ether oxygens (including phenoxy) is 1. The average molecular weight is 255 g/mol. The number of hydrogen-bond donors (Lipinski definition) is 1. The van der Waals surface area contributed by atoms with Crippen molar-refractivity contribution in [2.24, 2.45) is 5.41 Å². The van der Waals surface area contributed by atoms with E-state index in [2.05, 4.69) is 5.32 Å². The molecule has 0 saturated carbocycles. The van der Waals surface area contributed by atoms with Crippen LogP contribution in [0.1, 0.15) is 12.5 Å². The Morgan fingerprint density at radius 1 is 1.39 bits per heavy atom. The number of halogens is 2. The van der Waals surface area contributed by atoms with Crippen molar-refractivity contribution in [3.63, 3.8) is 0 Å². The van der Waals surface area contributed by atoms with Crippen LogP contribution in [0.3, 0.4) is 0 Å². The lowest BCUT2D eigenvalue weighted by atomic mass is 9.89. The zero-order valence-electron chi connectivity index (χ0n) is 10.1. The molecule has 1 saturated heterocycles. The summed E-state index contributed by atoms with van der Waals surface area (Å²) in [4.78, 5) is 11.6. The molecule has 1 fully saturated rings. The van der Waals surface area contributed by atoms with E-state index in [1.54, 1.807) is 0 Å². The third kappa shape index (κ3) is 2.85. The van der Waals surface area contributed by atoms with Gasteiger partial charge in [0.2, 0.25) is 5.91 Å². The third-order valence-corrected chi connectivity index (χ3v) is 3.01. The van der Waals surface area contributed by atoms with Gasteiger partial charge in [-0.1, -0.05) is 13.0 Å². The van der Waals surface area contributed by atoms with E-state index in [0.29, 0.717) is 19.8 Å². The fourth-order valence-electron chi connectivity index (χ4n) is 1.79. The summed E-state index contributed by atoms with van der Waals surface area (Å²) in [5, 5.41) is 2.68. The van der Waals surface area contributed by atoms with Gasteiger partial charge in [-0.15, -0.1) is 0 Å². The van der Waals surface area contributed by atoms with Gasteiger partial charge in [-0.3, -0.25) is 4.79 Å². The largest absolute Gasteiger partial charge is 0.380 e. The first-order chi connectivity index (χ1) is 8.50. The summed E-state index contributed by atoms with van der Waals surface area (Å²) in [6, 6.07) is 3.57. The summed E-state index contributed by atoms with van der Waals surface area (Å²) in [7, 11) is 0. The SMILES string of the molecule is CC1(CNC(=O)Cc2c(F)cccc2F)COC1. The highest BCUT2D eigenvalue weighted by Gasteiger charge is 2.33. The van der Waals surface area contributed by atoms with Crippen LogP contribution in [-0.2, 0) is 16.0 Å². The van der Waals surface area contributed by atoms with Crippen molar-refractivity contribution >= 4 is 5.91 Å². The summed E-state index contributed by atoms with van der Waals surface area (Å²) in [6.07, 6.45) is -0.282. The minimum atomic E-state index is -0.691. The number of amides is 1. The Morgan fingerprint density at radius 3 is 2.50 bits per heavy atom. The lowest BCUT2D eigenvalue weighted by Crippen LogP contribution is -2.48. The van der Waals surface area contributed by atoms with Crippen molar-refractivity contribution in [2.75, 3.05) is 19.8 Å². The lowest BCUT2D eigenvalue weighted by Gasteiger charge is -2.38. The second-order valence-electron chi connectivity index (χ2n) is 4.96. The van der Waals surface area contributed by atoms with Crippen molar-refractivity contribution in [2.45, 2.75) is 13.3 Å². The molecule has 1 amide bonds. The van der Waals surface area contributed by atoms with E-state index in [1.165, 1.54) is 6.07 Å². The number of rotatable bonds is 4. The van der Waals surface area contributed by atoms with Crippen molar-refractivity contribution in [1.29, 1.82) is 0 Å². The molecule has 0 atom stereocenters. The highest BCUT2D eigenvalue weighted by molar-refractivity contribution is 5.78. The number of nitrogens with one attached hydrogen (secondary N) is 1. The number of carbonyl (C=O) groups excluding carboxylic acids is 1. The molecule has 18 heavy (non-hydrogen) atoms. The van der Waals surface area contributed by atoms with Gasteiger partial charge in [0.15, 0.2) is 0 Å². The second kappa shape index (κ2) is 5.02. The Hall–Kier alpha value is -1.49. The molecule has 1 aliphatic rings. The van der Waals surface area contributed by atoms with Gasteiger partial charge < -0.3 is 10.1 Å². The molecule has 1 aliphatic heterocycles. The summed E-state index contributed by atoms with van der Waals surface area (Å²) < 4.78 is 31.7. The number of carbonyl (C=O) groups is 1. The first-order valence-electron chi connectivity index (χ1n) is 5.77. The highest BCUT2D eigenvalue weighted by atomic mass is 19.1. The first kappa shape index (κ1) is 13.0. The van der Waals surface area contributed by atoms with E-state index in [4.69, 9.17) is 4.74 Å². The molecule has 0 spiro atoms. The molecular weight excluding hydrogens is 240 g/mol. The van der Waals surface area contributed by atoms with Gasteiger partial charge in [0, 0.05) is 17.5 Å². The average Bonchev–Trinajstić information content (AvgIpc) is 2.29. The van der Waals surface area contributed by atoms with Gasteiger partial charge in [-0.05, 0) is 12.1 Å². The molecule has 0 radical (unpaired) electrons. The molecular formula is C13H15F2NO2. The Morgan fingerprint density at radius 2 is 2.00 bits per heavy atom. The van der Waals surface area contributed by atoms with Crippen molar-refractivity contribution < 1.29 is 18.3 Å². The molecule has 1 aromatic carbocycles. The molecule has 1 aromatic rings. The maximum Gasteiger partial charge on any atom is 0.224 e. The van der Waals surface area contributed by atoms with Crippen molar-refractivity contribution in [1.82, 2.24) is 5.32 Å². The van der Waals surface area contributed by atoms with E-state index < -0.39 is 11.6 Å². The van der Waals surface area contributed by atoms with Crippen LogP contribution >= 0.6 is 0 Å². The van der Waals surface area contributed by atoms with Gasteiger partial charge in [0.25, 0.3) is 0 Å². The molecule has 5 heteroatoms. The normalized spacial score (nSPS) is 17.1. The van der Waals surface area contributed by atoms with Gasteiger partial charge in [0.1, 0.15) is 11.6 Å². The standard InChI is InChI=1S/C13H15F2NO2/c1-13(7-18-8-13)6-16-12(17)5-9-10(14)3-2-4-11(9)15/h2-4H,5-8H2,1H3,(H,16,17). The molecule has 0 aromatic heterocycles. The molecule has 0 unspecified atom stereocenters. The zero-order chi connectivity index (χ0) is 13.2. The van der Waals surface area contributed by atoms with Crippen LogP contribution in [0.15, 0.2) is 18.2 Å². The summed E-state index contributed by atoms with van der Waals surface area (Å²) in [5.74, 6) is -1.76. The monoisotopic (exact) mass is 255 g/mol. The van der Waals surface area contributed by atoms with Gasteiger partial charge in [-0.25, -0.2) is 8.78 Å². The van der Waals surface area contributed by atoms with E-state index >= 15 is 0 Å².